The summed E-state index contributed by atoms with van der Waals surface area (Å²) >= 11 is 0. The molecule has 3 heteroatoms. The highest BCUT2D eigenvalue weighted by Gasteiger charge is 2.09. The molecule has 2 N–H and O–H groups in total. The third-order valence-electron chi connectivity index (χ3n) is 3.88. The van der Waals surface area contributed by atoms with Gasteiger partial charge in [0, 0.05) is 36.2 Å². The fourth-order valence-electron chi connectivity index (χ4n) is 2.70. The van der Waals surface area contributed by atoms with E-state index in [0.29, 0.717) is 6.04 Å². The summed E-state index contributed by atoms with van der Waals surface area (Å²) in [7, 11) is 0. The van der Waals surface area contributed by atoms with Crippen LogP contribution in [-0.2, 0) is 6.54 Å². The van der Waals surface area contributed by atoms with E-state index in [-0.39, 0.29) is 0 Å². The summed E-state index contributed by atoms with van der Waals surface area (Å²) in [5.41, 5.74) is 2.58. The summed E-state index contributed by atoms with van der Waals surface area (Å²) in [6, 6.07) is 9.17. The summed E-state index contributed by atoms with van der Waals surface area (Å²) in [4.78, 5) is 5.74. The van der Waals surface area contributed by atoms with Crippen molar-refractivity contribution in [1.29, 1.82) is 0 Å². The fraction of sp³-hybridized carbons (Fsp3) is 0.500. The van der Waals surface area contributed by atoms with E-state index >= 15 is 0 Å². The average Bonchev–Trinajstić information content (AvgIpc) is 2.89. The lowest BCUT2D eigenvalue weighted by molar-refractivity contribution is 0.225. The van der Waals surface area contributed by atoms with E-state index < -0.39 is 0 Å². The molecule has 0 aliphatic rings. The Kier molecular flexibility index (Phi) is 5.00. The van der Waals surface area contributed by atoms with Crippen molar-refractivity contribution in [3.63, 3.8) is 0 Å². The Morgan fingerprint density at radius 1 is 1.21 bits per heavy atom. The Morgan fingerprint density at radius 3 is 2.74 bits per heavy atom. The fourth-order valence-corrected chi connectivity index (χ4v) is 2.70. The zero-order chi connectivity index (χ0) is 13.7. The van der Waals surface area contributed by atoms with Crippen molar-refractivity contribution in [1.82, 2.24) is 15.2 Å². The molecule has 0 saturated carbocycles. The topological polar surface area (TPSA) is 31.1 Å². The summed E-state index contributed by atoms with van der Waals surface area (Å²) < 4.78 is 0. The minimum atomic E-state index is 0.584. The van der Waals surface area contributed by atoms with Crippen molar-refractivity contribution in [3.8, 4) is 0 Å². The van der Waals surface area contributed by atoms with E-state index in [1.807, 2.05) is 6.20 Å². The van der Waals surface area contributed by atoms with Crippen LogP contribution < -0.4 is 5.32 Å². The van der Waals surface area contributed by atoms with Gasteiger partial charge >= 0.3 is 0 Å². The van der Waals surface area contributed by atoms with E-state index in [1.54, 1.807) is 0 Å². The Morgan fingerprint density at radius 2 is 2.00 bits per heavy atom. The van der Waals surface area contributed by atoms with Gasteiger partial charge in [0.15, 0.2) is 0 Å². The minimum Gasteiger partial charge on any atom is -0.361 e. The number of aromatic nitrogens is 1. The molecule has 1 unspecified atom stereocenters. The standard InChI is InChI=1S/C16H25N3/c1-4-19(5-2)13(3)11-17-12-14-7-6-8-16-15(14)9-10-18-16/h6-10,13,17-18H,4-5,11-12H2,1-3H3. The zero-order valence-corrected chi connectivity index (χ0v) is 12.2. The second-order valence-corrected chi connectivity index (χ2v) is 5.06. The molecule has 1 aromatic heterocycles. The minimum absolute atomic E-state index is 0.584. The highest BCUT2D eigenvalue weighted by atomic mass is 15.2. The number of benzene rings is 1. The molecule has 2 rings (SSSR count). The molecular formula is C16H25N3. The van der Waals surface area contributed by atoms with Gasteiger partial charge in [-0.3, -0.25) is 4.90 Å². The second kappa shape index (κ2) is 6.73. The Labute approximate surface area is 116 Å². The Balaban J connectivity index is 1.90. The molecule has 0 spiro atoms. The molecule has 104 valence electrons. The number of aromatic amines is 1. The largest absolute Gasteiger partial charge is 0.361 e. The van der Waals surface area contributed by atoms with E-state index in [9.17, 15) is 0 Å². The lowest BCUT2D eigenvalue weighted by atomic mass is 10.1. The smallest absolute Gasteiger partial charge is 0.0457 e. The first kappa shape index (κ1) is 14.1. The van der Waals surface area contributed by atoms with Gasteiger partial charge in [-0.1, -0.05) is 26.0 Å². The molecule has 0 aliphatic heterocycles. The van der Waals surface area contributed by atoms with E-state index in [4.69, 9.17) is 0 Å². The zero-order valence-electron chi connectivity index (χ0n) is 12.2. The molecule has 0 saturated heterocycles. The third kappa shape index (κ3) is 3.37. The van der Waals surface area contributed by atoms with Crippen LogP contribution in [0.5, 0.6) is 0 Å². The van der Waals surface area contributed by atoms with Crippen LogP contribution in [0.2, 0.25) is 0 Å². The monoisotopic (exact) mass is 259 g/mol. The van der Waals surface area contributed by atoms with Crippen LogP contribution in [0.1, 0.15) is 26.3 Å². The molecule has 2 aromatic rings. The number of likely N-dealkylation sites (N-methyl/N-ethyl adjacent to an activating group) is 1. The van der Waals surface area contributed by atoms with Gasteiger partial charge in [-0.2, -0.15) is 0 Å². The predicted molar refractivity (Wildman–Crippen MR) is 82.4 cm³/mol. The van der Waals surface area contributed by atoms with Crippen molar-refractivity contribution in [2.24, 2.45) is 0 Å². The number of rotatable bonds is 7. The molecule has 1 aromatic carbocycles. The van der Waals surface area contributed by atoms with Crippen LogP contribution >= 0.6 is 0 Å². The number of nitrogens with zero attached hydrogens (tertiary/aromatic N) is 1. The predicted octanol–water partition coefficient (Wildman–Crippen LogP) is 2.99. The molecule has 3 nitrogen and oxygen atoms in total. The van der Waals surface area contributed by atoms with Crippen LogP contribution in [0.15, 0.2) is 30.5 Å². The van der Waals surface area contributed by atoms with Gasteiger partial charge in [-0.15, -0.1) is 0 Å². The van der Waals surface area contributed by atoms with Gasteiger partial charge in [-0.05, 0) is 37.7 Å². The molecule has 19 heavy (non-hydrogen) atoms. The molecule has 1 atom stereocenters. The van der Waals surface area contributed by atoms with Crippen LogP contribution in [0, 0.1) is 0 Å². The maximum atomic E-state index is 3.58. The molecule has 0 aliphatic carbocycles. The maximum absolute atomic E-state index is 3.58. The van der Waals surface area contributed by atoms with Gasteiger partial charge in [-0.25, -0.2) is 0 Å². The number of nitrogens with one attached hydrogen (secondary N) is 2. The quantitative estimate of drug-likeness (QED) is 0.801. The maximum Gasteiger partial charge on any atom is 0.0457 e. The van der Waals surface area contributed by atoms with Gasteiger partial charge in [0.05, 0.1) is 0 Å². The van der Waals surface area contributed by atoms with Gasteiger partial charge in [0.2, 0.25) is 0 Å². The van der Waals surface area contributed by atoms with Crippen molar-refractivity contribution >= 4 is 10.9 Å². The van der Waals surface area contributed by atoms with Crippen molar-refractivity contribution in [2.75, 3.05) is 19.6 Å². The average molecular weight is 259 g/mol. The van der Waals surface area contributed by atoms with E-state index in [1.165, 1.54) is 16.5 Å². The first-order chi connectivity index (χ1) is 9.26. The highest BCUT2D eigenvalue weighted by Crippen LogP contribution is 2.16. The molecular weight excluding hydrogens is 234 g/mol. The van der Waals surface area contributed by atoms with E-state index in [0.717, 1.165) is 26.2 Å². The van der Waals surface area contributed by atoms with Crippen molar-refractivity contribution in [2.45, 2.75) is 33.4 Å². The second-order valence-electron chi connectivity index (χ2n) is 5.06. The van der Waals surface area contributed by atoms with E-state index in [2.05, 4.69) is 60.2 Å². The highest BCUT2D eigenvalue weighted by molar-refractivity contribution is 5.82. The number of H-pyrrole nitrogens is 1. The van der Waals surface area contributed by atoms with Crippen molar-refractivity contribution < 1.29 is 0 Å². The van der Waals surface area contributed by atoms with Crippen LogP contribution in [-0.4, -0.2) is 35.6 Å². The first-order valence-electron chi connectivity index (χ1n) is 7.26. The van der Waals surface area contributed by atoms with Crippen molar-refractivity contribution in [3.05, 3.63) is 36.0 Å². The molecule has 0 radical (unpaired) electrons. The number of fused-ring (bicyclic) bond motifs is 1. The molecule has 1 heterocycles. The third-order valence-corrected chi connectivity index (χ3v) is 3.88. The SMILES string of the molecule is CCN(CC)C(C)CNCc1cccc2[nH]ccc12. The number of hydrogen-bond acceptors (Lipinski definition) is 2. The van der Waals surface area contributed by atoms with Gasteiger partial charge in [0.1, 0.15) is 0 Å². The van der Waals surface area contributed by atoms with Gasteiger partial charge in [0.25, 0.3) is 0 Å². The van der Waals surface area contributed by atoms with Gasteiger partial charge < -0.3 is 10.3 Å². The first-order valence-corrected chi connectivity index (χ1v) is 7.26. The molecule has 0 bridgehead atoms. The normalized spacial score (nSPS) is 13.3. The van der Waals surface area contributed by atoms with Crippen LogP contribution in [0.4, 0.5) is 0 Å². The lowest BCUT2D eigenvalue weighted by Gasteiger charge is -2.26. The van der Waals surface area contributed by atoms with Crippen LogP contribution in [0.3, 0.4) is 0 Å². The molecule has 0 fully saturated rings. The number of hydrogen-bond donors (Lipinski definition) is 2. The molecule has 0 amide bonds. The summed E-state index contributed by atoms with van der Waals surface area (Å²) in [6.07, 6.45) is 2.01. The lowest BCUT2D eigenvalue weighted by Crippen LogP contribution is -2.39. The van der Waals surface area contributed by atoms with Crippen LogP contribution in [0.25, 0.3) is 10.9 Å². The Hall–Kier alpha value is -1.32. The summed E-state index contributed by atoms with van der Waals surface area (Å²) in [6.45, 7) is 10.9. The summed E-state index contributed by atoms with van der Waals surface area (Å²) in [5.74, 6) is 0. The Bertz CT molecular complexity index is 499. The summed E-state index contributed by atoms with van der Waals surface area (Å²) in [5, 5.41) is 4.90.